The maximum Gasteiger partial charge on any atom is 0.335 e. The first-order valence-electron chi connectivity index (χ1n) is 8.11. The normalized spacial score (nSPS) is 13.2. The van der Waals surface area contributed by atoms with Crippen LogP contribution in [0.3, 0.4) is 0 Å². The molecular formula is C19H23NO5. The van der Waals surface area contributed by atoms with Crippen molar-refractivity contribution in [2.24, 2.45) is 0 Å². The lowest BCUT2D eigenvalue weighted by Crippen LogP contribution is -2.41. The lowest BCUT2D eigenvalue weighted by Gasteiger charge is -2.19. The Morgan fingerprint density at radius 3 is 2.36 bits per heavy atom. The van der Waals surface area contributed by atoms with E-state index in [1.807, 2.05) is 30.3 Å². The van der Waals surface area contributed by atoms with Crippen molar-refractivity contribution in [2.45, 2.75) is 18.6 Å². The van der Waals surface area contributed by atoms with E-state index in [0.717, 1.165) is 5.56 Å². The van der Waals surface area contributed by atoms with Gasteiger partial charge < -0.3 is 25.4 Å². The maximum absolute atomic E-state index is 10.8. The molecule has 25 heavy (non-hydrogen) atoms. The molecule has 0 spiro atoms. The Balaban J connectivity index is 1.76. The van der Waals surface area contributed by atoms with Crippen molar-refractivity contribution in [1.29, 1.82) is 0 Å². The summed E-state index contributed by atoms with van der Waals surface area (Å²) < 4.78 is 5.48. The van der Waals surface area contributed by atoms with Gasteiger partial charge in [0.25, 0.3) is 0 Å². The van der Waals surface area contributed by atoms with Crippen LogP contribution in [0.2, 0.25) is 0 Å². The van der Waals surface area contributed by atoms with Crippen molar-refractivity contribution < 1.29 is 24.9 Å². The molecule has 0 unspecified atom stereocenters. The van der Waals surface area contributed by atoms with Crippen LogP contribution in [0.5, 0.6) is 5.75 Å². The number of hydrogen-bond donors (Lipinski definition) is 4. The highest BCUT2D eigenvalue weighted by Crippen LogP contribution is 2.09. The van der Waals surface area contributed by atoms with Crippen LogP contribution >= 0.6 is 0 Å². The van der Waals surface area contributed by atoms with Gasteiger partial charge in [-0.1, -0.05) is 30.3 Å². The molecule has 0 fully saturated rings. The first kappa shape index (κ1) is 18.9. The van der Waals surface area contributed by atoms with Crippen molar-refractivity contribution in [2.75, 3.05) is 19.8 Å². The second-order valence-electron chi connectivity index (χ2n) is 5.77. The van der Waals surface area contributed by atoms with Crippen molar-refractivity contribution in [3.63, 3.8) is 0 Å². The molecule has 0 saturated heterocycles. The maximum atomic E-state index is 10.8. The standard InChI is InChI=1S/C19H23NO5/c21-12-16(10-14-6-8-15(9-7-14)19(23)24)20-11-17(22)13-25-18-4-2-1-3-5-18/h1-9,16-17,20-22H,10-13H2,(H,23,24)/t16-,17-/m0/s1. The van der Waals surface area contributed by atoms with E-state index in [4.69, 9.17) is 9.84 Å². The van der Waals surface area contributed by atoms with Gasteiger partial charge in [0.1, 0.15) is 18.5 Å². The minimum atomic E-state index is -0.968. The molecule has 0 bridgehead atoms. The zero-order valence-corrected chi connectivity index (χ0v) is 13.8. The molecule has 2 aromatic carbocycles. The third-order valence-electron chi connectivity index (χ3n) is 3.73. The number of ether oxygens (including phenoxy) is 1. The van der Waals surface area contributed by atoms with E-state index in [-0.39, 0.29) is 31.4 Å². The van der Waals surface area contributed by atoms with Crippen LogP contribution in [0.15, 0.2) is 54.6 Å². The van der Waals surface area contributed by atoms with Gasteiger partial charge in [-0.3, -0.25) is 0 Å². The minimum absolute atomic E-state index is 0.0903. The summed E-state index contributed by atoms with van der Waals surface area (Å²) in [5.41, 5.74) is 1.14. The monoisotopic (exact) mass is 345 g/mol. The number of nitrogens with one attached hydrogen (secondary N) is 1. The van der Waals surface area contributed by atoms with Crippen molar-refractivity contribution in [1.82, 2.24) is 5.32 Å². The quantitative estimate of drug-likeness (QED) is 0.518. The smallest absolute Gasteiger partial charge is 0.335 e. The van der Waals surface area contributed by atoms with Crippen molar-refractivity contribution in [3.05, 3.63) is 65.7 Å². The van der Waals surface area contributed by atoms with Crippen LogP contribution in [0.4, 0.5) is 0 Å². The van der Waals surface area contributed by atoms with Gasteiger partial charge in [0.2, 0.25) is 0 Å². The average Bonchev–Trinajstić information content (AvgIpc) is 2.64. The summed E-state index contributed by atoms with van der Waals surface area (Å²) >= 11 is 0. The van der Waals surface area contributed by atoms with Crippen molar-refractivity contribution in [3.8, 4) is 5.75 Å². The second-order valence-corrected chi connectivity index (χ2v) is 5.77. The van der Waals surface area contributed by atoms with Crippen LogP contribution < -0.4 is 10.1 Å². The molecule has 6 nitrogen and oxygen atoms in total. The van der Waals surface area contributed by atoms with Gasteiger partial charge in [0, 0.05) is 12.6 Å². The number of aliphatic hydroxyl groups is 2. The fourth-order valence-corrected chi connectivity index (χ4v) is 2.34. The number of aromatic carboxylic acids is 1. The molecule has 2 rings (SSSR count). The average molecular weight is 345 g/mol. The Kier molecular flexibility index (Phi) is 7.40. The molecule has 0 amide bonds. The summed E-state index contributed by atoms with van der Waals surface area (Å²) in [5, 5.41) is 31.5. The number of carboxylic acids is 1. The predicted molar refractivity (Wildman–Crippen MR) is 93.9 cm³/mol. The molecule has 0 heterocycles. The number of hydrogen-bond acceptors (Lipinski definition) is 5. The van der Waals surface area contributed by atoms with E-state index >= 15 is 0 Å². The SMILES string of the molecule is O=C(O)c1ccc(C[C@@H](CO)NC[C@H](O)COc2ccccc2)cc1. The molecule has 4 N–H and O–H groups in total. The summed E-state index contributed by atoms with van der Waals surface area (Å²) in [6.07, 6.45) is -0.175. The number of carbonyl (C=O) groups is 1. The number of aliphatic hydroxyl groups excluding tert-OH is 2. The molecule has 2 aromatic rings. The number of rotatable bonds is 10. The minimum Gasteiger partial charge on any atom is -0.491 e. The van der Waals surface area contributed by atoms with Gasteiger partial charge >= 0.3 is 5.97 Å². The van der Waals surface area contributed by atoms with E-state index in [9.17, 15) is 15.0 Å². The van der Waals surface area contributed by atoms with Gasteiger partial charge in [0.15, 0.2) is 0 Å². The van der Waals surface area contributed by atoms with Gasteiger partial charge in [-0.05, 0) is 36.2 Å². The fourth-order valence-electron chi connectivity index (χ4n) is 2.34. The molecule has 0 aliphatic carbocycles. The lowest BCUT2D eigenvalue weighted by atomic mass is 10.0. The summed E-state index contributed by atoms with van der Waals surface area (Å²) in [6.45, 7) is 0.348. The molecular weight excluding hydrogens is 322 g/mol. The first-order chi connectivity index (χ1) is 12.1. The van der Waals surface area contributed by atoms with Gasteiger partial charge in [-0.25, -0.2) is 4.79 Å². The van der Waals surface area contributed by atoms with Crippen LogP contribution in [0.25, 0.3) is 0 Å². The molecule has 0 aliphatic rings. The zero-order chi connectivity index (χ0) is 18.1. The summed E-state index contributed by atoms with van der Waals surface area (Å²) in [5.74, 6) is -0.274. The number of para-hydroxylation sites is 1. The Morgan fingerprint density at radius 1 is 1.08 bits per heavy atom. The molecule has 6 heteroatoms. The molecule has 0 radical (unpaired) electrons. The van der Waals surface area contributed by atoms with Gasteiger partial charge in [0.05, 0.1) is 12.2 Å². The van der Waals surface area contributed by atoms with Crippen LogP contribution in [0.1, 0.15) is 15.9 Å². The Labute approximate surface area is 146 Å². The van der Waals surface area contributed by atoms with Crippen LogP contribution in [-0.4, -0.2) is 53.2 Å². The lowest BCUT2D eigenvalue weighted by molar-refractivity contribution is 0.0697. The highest BCUT2D eigenvalue weighted by atomic mass is 16.5. The molecule has 0 saturated carbocycles. The Hall–Kier alpha value is -2.41. The van der Waals surface area contributed by atoms with Gasteiger partial charge in [-0.15, -0.1) is 0 Å². The molecule has 134 valence electrons. The summed E-state index contributed by atoms with van der Waals surface area (Å²) in [4.78, 5) is 10.8. The fraction of sp³-hybridized carbons (Fsp3) is 0.316. The predicted octanol–water partition coefficient (Wildman–Crippen LogP) is 1.32. The molecule has 0 aliphatic heterocycles. The molecule has 2 atom stereocenters. The Bertz CT molecular complexity index is 645. The van der Waals surface area contributed by atoms with E-state index in [1.165, 1.54) is 12.1 Å². The summed E-state index contributed by atoms with van der Waals surface area (Å²) in [6, 6.07) is 15.5. The van der Waals surface area contributed by atoms with Crippen molar-refractivity contribution >= 4 is 5.97 Å². The summed E-state index contributed by atoms with van der Waals surface area (Å²) in [7, 11) is 0. The van der Waals surface area contributed by atoms with Crippen LogP contribution in [0, 0.1) is 0 Å². The third kappa shape index (κ3) is 6.54. The van der Waals surface area contributed by atoms with E-state index in [0.29, 0.717) is 12.2 Å². The zero-order valence-electron chi connectivity index (χ0n) is 13.8. The number of carboxylic acid groups (broad SMARTS) is 1. The van der Waals surface area contributed by atoms with E-state index in [2.05, 4.69) is 5.32 Å². The Morgan fingerprint density at radius 2 is 1.76 bits per heavy atom. The van der Waals surface area contributed by atoms with E-state index < -0.39 is 12.1 Å². The second kappa shape index (κ2) is 9.78. The van der Waals surface area contributed by atoms with E-state index in [1.54, 1.807) is 12.1 Å². The topological polar surface area (TPSA) is 99.0 Å². The largest absolute Gasteiger partial charge is 0.491 e. The van der Waals surface area contributed by atoms with Crippen LogP contribution in [-0.2, 0) is 6.42 Å². The molecule has 0 aromatic heterocycles. The third-order valence-corrected chi connectivity index (χ3v) is 3.73. The number of benzene rings is 2. The highest BCUT2D eigenvalue weighted by Gasteiger charge is 2.12. The first-order valence-corrected chi connectivity index (χ1v) is 8.11. The van der Waals surface area contributed by atoms with Gasteiger partial charge in [-0.2, -0.15) is 0 Å². The highest BCUT2D eigenvalue weighted by molar-refractivity contribution is 5.87.